The largest absolute Gasteiger partial charge is 0.314 e. The topological polar surface area (TPSA) is 46.0 Å². The first-order valence-electron chi connectivity index (χ1n) is 8.10. The molecule has 0 aromatic carbocycles. The molecule has 5 nitrogen and oxygen atoms in total. The van der Waals surface area contributed by atoms with Crippen LogP contribution < -0.4 is 5.32 Å². The molecule has 0 atom stereocenters. The van der Waals surface area contributed by atoms with Crippen LogP contribution in [0.3, 0.4) is 0 Å². The monoisotopic (exact) mass is 293 g/mol. The van der Waals surface area contributed by atoms with Gasteiger partial charge in [0.05, 0.1) is 12.2 Å². The maximum absolute atomic E-state index is 4.42. The van der Waals surface area contributed by atoms with E-state index in [1.54, 1.807) is 0 Å². The first-order valence-corrected chi connectivity index (χ1v) is 8.10. The fraction of sp³-hybridized carbons (Fsp3) is 0.875. The minimum absolute atomic E-state index is 0.0749. The maximum Gasteiger partial charge on any atom is 0.0883 e. The fourth-order valence-electron chi connectivity index (χ4n) is 3.31. The zero-order chi connectivity index (χ0) is 15.5. The van der Waals surface area contributed by atoms with Crippen molar-refractivity contribution >= 4 is 0 Å². The van der Waals surface area contributed by atoms with Crippen molar-refractivity contribution in [3.05, 3.63) is 11.9 Å². The molecule has 2 heterocycles. The summed E-state index contributed by atoms with van der Waals surface area (Å²) >= 11 is 0. The summed E-state index contributed by atoms with van der Waals surface area (Å²) in [5, 5.41) is 12.1. The van der Waals surface area contributed by atoms with Gasteiger partial charge in [0, 0.05) is 44.3 Å². The Bertz CT molecular complexity index is 438. The van der Waals surface area contributed by atoms with Gasteiger partial charge in [-0.05, 0) is 11.8 Å². The van der Waals surface area contributed by atoms with Crippen molar-refractivity contribution in [1.29, 1.82) is 0 Å². The highest BCUT2D eigenvalue weighted by Gasteiger charge is 2.29. The van der Waals surface area contributed by atoms with E-state index in [1.165, 1.54) is 0 Å². The zero-order valence-electron chi connectivity index (χ0n) is 14.3. The Morgan fingerprint density at radius 3 is 2.38 bits per heavy atom. The summed E-state index contributed by atoms with van der Waals surface area (Å²) < 4.78 is 2.00. The van der Waals surface area contributed by atoms with Gasteiger partial charge in [0.25, 0.3) is 0 Å². The fourth-order valence-corrected chi connectivity index (χ4v) is 3.31. The first-order chi connectivity index (χ1) is 9.76. The van der Waals surface area contributed by atoms with Gasteiger partial charge in [-0.15, -0.1) is 5.10 Å². The lowest BCUT2D eigenvalue weighted by Gasteiger charge is -2.30. The predicted octanol–water partition coefficient (Wildman–Crippen LogP) is 1.90. The Labute approximate surface area is 129 Å². The third-order valence-electron chi connectivity index (χ3n) is 4.06. The van der Waals surface area contributed by atoms with Crippen LogP contribution >= 0.6 is 0 Å². The molecule has 0 radical (unpaired) electrons. The SMILES string of the molecule is CC(C)(C)CC(C)(C)c1cn(CCN2CCNCC2)nn1. The number of aromatic nitrogens is 3. The maximum atomic E-state index is 4.42. The molecule has 1 aromatic rings. The van der Waals surface area contributed by atoms with Crippen LogP contribution in [-0.2, 0) is 12.0 Å². The zero-order valence-corrected chi connectivity index (χ0v) is 14.3. The van der Waals surface area contributed by atoms with Gasteiger partial charge in [-0.2, -0.15) is 0 Å². The molecule has 0 bridgehead atoms. The number of piperazine rings is 1. The van der Waals surface area contributed by atoms with E-state index in [-0.39, 0.29) is 5.41 Å². The van der Waals surface area contributed by atoms with E-state index in [1.807, 2.05) is 4.68 Å². The molecule has 1 aromatic heterocycles. The summed E-state index contributed by atoms with van der Waals surface area (Å²) in [6.45, 7) is 17.8. The average Bonchev–Trinajstić information content (AvgIpc) is 2.84. The van der Waals surface area contributed by atoms with Crippen molar-refractivity contribution in [2.45, 2.75) is 53.0 Å². The van der Waals surface area contributed by atoms with Crippen LogP contribution in [0.15, 0.2) is 6.20 Å². The minimum atomic E-state index is 0.0749. The number of nitrogens with zero attached hydrogens (tertiary/aromatic N) is 4. The molecule has 1 aliphatic heterocycles. The van der Waals surface area contributed by atoms with Gasteiger partial charge >= 0.3 is 0 Å². The molecule has 0 aliphatic carbocycles. The van der Waals surface area contributed by atoms with Crippen molar-refractivity contribution < 1.29 is 0 Å². The highest BCUT2D eigenvalue weighted by molar-refractivity contribution is 5.09. The summed E-state index contributed by atoms with van der Waals surface area (Å²) in [7, 11) is 0. The van der Waals surface area contributed by atoms with E-state index < -0.39 is 0 Å². The van der Waals surface area contributed by atoms with Gasteiger partial charge < -0.3 is 5.32 Å². The number of hydrogen-bond donors (Lipinski definition) is 1. The minimum Gasteiger partial charge on any atom is -0.314 e. The Morgan fingerprint density at radius 1 is 1.10 bits per heavy atom. The van der Waals surface area contributed by atoms with Gasteiger partial charge in [-0.3, -0.25) is 9.58 Å². The van der Waals surface area contributed by atoms with Crippen LogP contribution in [-0.4, -0.2) is 52.6 Å². The molecule has 1 saturated heterocycles. The molecule has 1 aliphatic rings. The van der Waals surface area contributed by atoms with E-state index in [9.17, 15) is 0 Å². The highest BCUT2D eigenvalue weighted by Crippen LogP contribution is 2.34. The third-order valence-corrected chi connectivity index (χ3v) is 4.06. The van der Waals surface area contributed by atoms with Gasteiger partial charge in [0.1, 0.15) is 0 Å². The second kappa shape index (κ2) is 6.44. The first kappa shape index (κ1) is 16.4. The van der Waals surface area contributed by atoms with E-state index >= 15 is 0 Å². The van der Waals surface area contributed by atoms with Crippen molar-refractivity contribution in [2.75, 3.05) is 32.7 Å². The summed E-state index contributed by atoms with van der Waals surface area (Å²) in [5.74, 6) is 0. The molecule has 120 valence electrons. The third kappa shape index (κ3) is 5.08. The number of rotatable bonds is 5. The summed E-state index contributed by atoms with van der Waals surface area (Å²) in [5.41, 5.74) is 1.48. The standard InChI is InChI=1S/C16H31N5/c1-15(2,3)13-16(4,5)14-12-21(19-18-14)11-10-20-8-6-17-7-9-20/h12,17H,6-11,13H2,1-5H3. The molecule has 2 rings (SSSR count). The summed E-state index contributed by atoms with van der Waals surface area (Å²) in [6, 6.07) is 0. The van der Waals surface area contributed by atoms with Gasteiger partial charge in [0.15, 0.2) is 0 Å². The Hall–Kier alpha value is -0.940. The van der Waals surface area contributed by atoms with E-state index in [4.69, 9.17) is 0 Å². The smallest absolute Gasteiger partial charge is 0.0883 e. The lowest BCUT2D eigenvalue weighted by Crippen LogP contribution is -2.44. The Kier molecular flexibility index (Phi) is 5.04. The molecule has 1 N–H and O–H groups in total. The number of nitrogens with one attached hydrogen (secondary N) is 1. The second-order valence-corrected chi connectivity index (χ2v) is 8.08. The lowest BCUT2D eigenvalue weighted by atomic mass is 9.75. The predicted molar refractivity (Wildman–Crippen MR) is 86.4 cm³/mol. The van der Waals surface area contributed by atoms with E-state index in [2.05, 4.69) is 61.3 Å². The highest BCUT2D eigenvalue weighted by atomic mass is 15.4. The average molecular weight is 293 g/mol. The molecular weight excluding hydrogens is 262 g/mol. The normalized spacial score (nSPS) is 18.1. The molecule has 21 heavy (non-hydrogen) atoms. The molecular formula is C16H31N5. The van der Waals surface area contributed by atoms with Gasteiger partial charge in [0.2, 0.25) is 0 Å². The van der Waals surface area contributed by atoms with Gasteiger partial charge in [-0.25, -0.2) is 0 Å². The summed E-state index contributed by atoms with van der Waals surface area (Å²) in [4.78, 5) is 2.48. The van der Waals surface area contributed by atoms with Crippen molar-refractivity contribution in [1.82, 2.24) is 25.2 Å². The quantitative estimate of drug-likeness (QED) is 0.900. The van der Waals surface area contributed by atoms with E-state index in [0.29, 0.717) is 5.41 Å². The van der Waals surface area contributed by atoms with Crippen LogP contribution in [0.2, 0.25) is 0 Å². The molecule has 0 unspecified atom stereocenters. The molecule has 0 spiro atoms. The second-order valence-electron chi connectivity index (χ2n) is 8.08. The Balaban J connectivity index is 1.91. The van der Waals surface area contributed by atoms with Crippen molar-refractivity contribution in [3.8, 4) is 0 Å². The molecule has 0 saturated carbocycles. The van der Waals surface area contributed by atoms with Crippen LogP contribution in [0.4, 0.5) is 0 Å². The van der Waals surface area contributed by atoms with Crippen LogP contribution in [0, 0.1) is 5.41 Å². The Morgan fingerprint density at radius 2 is 1.76 bits per heavy atom. The lowest BCUT2D eigenvalue weighted by molar-refractivity contribution is 0.228. The molecule has 5 heteroatoms. The number of hydrogen-bond acceptors (Lipinski definition) is 4. The van der Waals surface area contributed by atoms with Crippen LogP contribution in [0.1, 0.15) is 46.7 Å². The van der Waals surface area contributed by atoms with Crippen molar-refractivity contribution in [3.63, 3.8) is 0 Å². The van der Waals surface area contributed by atoms with Crippen molar-refractivity contribution in [2.24, 2.45) is 5.41 Å². The summed E-state index contributed by atoms with van der Waals surface area (Å²) in [6.07, 6.45) is 3.24. The molecule has 1 fully saturated rings. The molecule has 0 amide bonds. The van der Waals surface area contributed by atoms with Crippen LogP contribution in [0.5, 0.6) is 0 Å². The van der Waals surface area contributed by atoms with Gasteiger partial charge in [-0.1, -0.05) is 39.8 Å². The van der Waals surface area contributed by atoms with E-state index in [0.717, 1.165) is 51.4 Å². The van der Waals surface area contributed by atoms with Crippen LogP contribution in [0.25, 0.3) is 0 Å².